The lowest BCUT2D eigenvalue weighted by molar-refractivity contribution is -0.143. The molecule has 0 aliphatic carbocycles. The molecule has 1 saturated heterocycles. The van der Waals surface area contributed by atoms with Crippen LogP contribution >= 0.6 is 0 Å². The second-order valence-corrected chi connectivity index (χ2v) is 33.0. The minimum absolute atomic E-state index is 0.000436. The number of benzene rings is 2. The van der Waals surface area contributed by atoms with Gasteiger partial charge in [-0.2, -0.15) is 10.2 Å². The maximum atomic E-state index is 14.8. The number of hydrogen-bond acceptors (Lipinski definition) is 19. The summed E-state index contributed by atoms with van der Waals surface area (Å²) >= 11 is 0. The number of nitrogens with one attached hydrogen (secondary N) is 12. The number of aliphatic carboxylic acids is 1. The van der Waals surface area contributed by atoms with Crippen molar-refractivity contribution in [2.75, 3.05) is 32.8 Å². The van der Waals surface area contributed by atoms with Crippen molar-refractivity contribution in [3.63, 3.8) is 0 Å². The largest absolute Gasteiger partial charge is 0.481 e. The summed E-state index contributed by atoms with van der Waals surface area (Å²) in [5, 5.41) is 59.5. The Morgan fingerprint density at radius 2 is 0.914 bits per heavy atom. The van der Waals surface area contributed by atoms with E-state index in [9.17, 15) is 82.1 Å². The number of azo groups is 1. The van der Waals surface area contributed by atoms with E-state index in [2.05, 4.69) is 79.0 Å². The second-order valence-electron chi connectivity index (χ2n) is 33.0. The average Bonchev–Trinajstić information content (AvgIpc) is 1.61. The number of primary amides is 1. The molecule has 1 aliphatic heterocycles. The third-order valence-electron chi connectivity index (χ3n) is 18.6. The van der Waals surface area contributed by atoms with E-state index >= 15 is 0 Å². The van der Waals surface area contributed by atoms with Crippen LogP contribution in [0.25, 0.3) is 0 Å². The van der Waals surface area contributed by atoms with E-state index in [0.717, 1.165) is 0 Å². The molecule has 3 rings (SSSR count). The van der Waals surface area contributed by atoms with Crippen molar-refractivity contribution in [2.45, 2.75) is 260 Å². The van der Waals surface area contributed by atoms with Crippen molar-refractivity contribution in [3.8, 4) is 0 Å². The molecule has 0 saturated carbocycles. The first kappa shape index (κ1) is 99.5. The van der Waals surface area contributed by atoms with Gasteiger partial charge in [0.1, 0.15) is 66.5 Å². The molecule has 36 nitrogen and oxygen atoms in total. The molecule has 2 aromatic rings. The molecule has 2 aromatic carbocycles. The first-order valence-electron chi connectivity index (χ1n) is 39.9. The van der Waals surface area contributed by atoms with Gasteiger partial charge in [0.15, 0.2) is 11.5 Å². The van der Waals surface area contributed by atoms with Crippen LogP contribution in [0.5, 0.6) is 0 Å². The molecule has 1 fully saturated rings. The van der Waals surface area contributed by atoms with Gasteiger partial charge in [-0.05, 0) is 143 Å². The van der Waals surface area contributed by atoms with E-state index in [-0.39, 0.29) is 125 Å². The van der Waals surface area contributed by atoms with Crippen molar-refractivity contribution in [3.05, 3.63) is 65.7 Å². The highest BCUT2D eigenvalue weighted by molar-refractivity contribution is 6.00. The van der Waals surface area contributed by atoms with Crippen molar-refractivity contribution < 1.29 is 82.1 Å². The van der Waals surface area contributed by atoms with Crippen LogP contribution in [-0.2, 0) is 84.8 Å². The predicted octanol–water partition coefficient (Wildman–Crippen LogP) is 0.954. The van der Waals surface area contributed by atoms with Crippen molar-refractivity contribution >= 4 is 100 Å². The lowest BCUT2D eigenvalue weighted by atomic mass is 9.99. The van der Waals surface area contributed by atoms with Crippen LogP contribution in [-0.4, -0.2) is 215 Å². The molecule has 20 N–H and O–H groups in total. The number of likely N-dealkylation sites (tertiary alicyclic amines) is 1. The molecule has 0 spiro atoms. The molecule has 116 heavy (non-hydrogen) atoms. The quantitative estimate of drug-likeness (QED) is 0.0190. The summed E-state index contributed by atoms with van der Waals surface area (Å²) in [5.41, 5.74) is 16.7. The van der Waals surface area contributed by atoms with Crippen LogP contribution in [0.2, 0.25) is 0 Å². The Bertz CT molecular complexity index is 3700. The first-order valence-corrected chi connectivity index (χ1v) is 39.9. The molecule has 1 aliphatic rings. The Hall–Kier alpha value is -10.7. The number of nitrogens with two attached hydrogens (primary N) is 3. The van der Waals surface area contributed by atoms with E-state index in [0.29, 0.717) is 23.2 Å². The van der Waals surface area contributed by atoms with Gasteiger partial charge in [0.2, 0.25) is 82.7 Å². The minimum Gasteiger partial charge on any atom is -0.481 e. The summed E-state index contributed by atoms with van der Waals surface area (Å²) in [6, 6.07) is 1.28. The van der Waals surface area contributed by atoms with Crippen molar-refractivity contribution in [1.29, 1.82) is 0 Å². The van der Waals surface area contributed by atoms with Crippen LogP contribution in [0.1, 0.15) is 186 Å². The molecule has 0 radical (unpaired) electrons. The summed E-state index contributed by atoms with van der Waals surface area (Å²) in [6.07, 6.45) is 1.10. The molecule has 0 bridgehead atoms. The Morgan fingerprint density at radius 3 is 1.41 bits per heavy atom. The highest BCUT2D eigenvalue weighted by Gasteiger charge is 2.42. The average molecular weight is 1630 g/mol. The number of carboxylic acid groups (broad SMARTS) is 1. The van der Waals surface area contributed by atoms with Gasteiger partial charge >= 0.3 is 5.97 Å². The smallest absolute Gasteiger partial charge is 0.307 e. The summed E-state index contributed by atoms with van der Waals surface area (Å²) in [5.74, 6) is -13.7. The van der Waals surface area contributed by atoms with Crippen LogP contribution in [0, 0.1) is 41.4 Å². The summed E-state index contributed by atoms with van der Waals surface area (Å²) in [6.45, 7) is 25.7. The number of rotatable bonds is 50. The van der Waals surface area contributed by atoms with Crippen molar-refractivity contribution in [1.82, 2.24) is 68.7 Å². The normalized spacial score (nSPS) is 15.5. The zero-order chi connectivity index (χ0) is 87.4. The lowest BCUT2D eigenvalue weighted by Gasteiger charge is -2.32. The van der Waals surface area contributed by atoms with Gasteiger partial charge in [-0.25, -0.2) is 0 Å². The fourth-order valence-corrected chi connectivity index (χ4v) is 12.6. The SMILES string of the molecule is CC(C)C[C@H](NC(=O)[C@H](CC(C)C)NC(=O)CNC(=O)[C@H](CO)NC(=O)[C@H](CC(C)C)NC(=O)[C@@H](NC(=O)[C@H](CCCN=C(N)N)NC(=O)CNC(=O)[C@H](CC(C)C)NC(=O)[C@H](CC(C)C)NC(=O)[C@@H]1CCCN1C(=O)[C@H](CC(C)C)NC(=O)[C@H](Cc1ccccc1)NC(=O)C(C)(C)N=Nc1ccc(CC(=O)O)cc1)C(C)C)C(N)=O. The summed E-state index contributed by atoms with van der Waals surface area (Å²) in [4.78, 5) is 212. The minimum atomic E-state index is -1.64. The molecule has 0 unspecified atom stereocenters. The fraction of sp³-hybridized carbons (Fsp3) is 0.650. The Morgan fingerprint density at radius 1 is 0.483 bits per heavy atom. The van der Waals surface area contributed by atoms with Gasteiger partial charge in [0.25, 0.3) is 0 Å². The van der Waals surface area contributed by atoms with E-state index in [1.54, 1.807) is 96.1 Å². The van der Waals surface area contributed by atoms with E-state index in [1.165, 1.54) is 18.7 Å². The van der Waals surface area contributed by atoms with Gasteiger partial charge in [-0.1, -0.05) is 139 Å². The Labute approximate surface area is 680 Å². The summed E-state index contributed by atoms with van der Waals surface area (Å²) < 4.78 is 0. The Balaban J connectivity index is 1.79. The number of carboxylic acids is 1. The van der Waals surface area contributed by atoms with Crippen LogP contribution < -0.4 is 81.0 Å². The topological polar surface area (TPSA) is 559 Å². The number of hydrogen-bond donors (Lipinski definition) is 17. The second kappa shape index (κ2) is 49.3. The van der Waals surface area contributed by atoms with Crippen LogP contribution in [0.15, 0.2) is 69.8 Å². The van der Waals surface area contributed by atoms with E-state index < -0.39 is 186 Å². The maximum absolute atomic E-state index is 14.8. The highest BCUT2D eigenvalue weighted by Crippen LogP contribution is 2.24. The maximum Gasteiger partial charge on any atom is 0.307 e. The number of aliphatic imine (C=N–C) groups is 1. The molecule has 36 heteroatoms. The zero-order valence-electron chi connectivity index (χ0n) is 70.1. The van der Waals surface area contributed by atoms with E-state index in [1.807, 2.05) is 55.4 Å². The van der Waals surface area contributed by atoms with Crippen LogP contribution in [0.4, 0.5) is 5.69 Å². The monoisotopic (exact) mass is 1630 g/mol. The Kier molecular flexibility index (Phi) is 42.3. The number of carbonyl (C=O) groups is 15. The number of amides is 14. The van der Waals surface area contributed by atoms with Crippen LogP contribution in [0.3, 0.4) is 0 Å². The number of nitrogens with zero attached hydrogens (tertiary/aromatic N) is 4. The standard InChI is InChI=1S/C80H129N19O17/c1-43(2)32-54(67(81)105)89-71(109)56(34-45(5)6)88-64(102)41-86-69(107)61(42-100)94-73(111)58(36-47(9)10)92-76(114)66(49(13)14)96-70(108)53(24-20-30-84-79(82)83)87-63(101)40-85-68(106)55(33-44(3)4)90-72(110)57(35-46(7)8)91-75(113)62-25-21-31-99(62)77(115)60(37-48(11)12)93-74(112)59(38-50-22-18-17-19-23-50)95-78(116)80(15,16)98-97-52-28-26-51(27-29-52)39-65(103)104/h17-19,22-23,26-29,43-49,53-62,66,100H,20-21,24-25,30-42H2,1-16H3,(H2,81,105)(H,85,106)(H,86,107)(H,87,101)(H,88,102)(H,89,109)(H,90,110)(H,91,113)(H,92,114)(H,93,112)(H,94,111)(H,95,116)(H,96,108)(H,103,104)(H4,82,83,84)/t53-,54-,55-,56-,57-,58-,59-,60-,61-,62-,66-/m0/s1. The molecule has 1 heterocycles. The number of aliphatic hydroxyl groups is 1. The third kappa shape index (κ3) is 36.4. The first-order chi connectivity index (χ1) is 54.3. The predicted molar refractivity (Wildman–Crippen MR) is 434 cm³/mol. The van der Waals surface area contributed by atoms with Gasteiger partial charge < -0.3 is 96.1 Å². The molecule has 14 amide bonds. The molecular weight excluding hydrogens is 1500 g/mol. The van der Waals surface area contributed by atoms with Gasteiger partial charge in [0.05, 0.1) is 31.8 Å². The zero-order valence-corrected chi connectivity index (χ0v) is 70.1. The molecular formula is C80H129N19O17. The van der Waals surface area contributed by atoms with Gasteiger partial charge in [0, 0.05) is 19.5 Å². The lowest BCUT2D eigenvalue weighted by Crippen LogP contribution is -2.60. The number of aliphatic hydroxyl groups excluding tert-OH is 1. The van der Waals surface area contributed by atoms with Gasteiger partial charge in [-0.15, -0.1) is 0 Å². The van der Waals surface area contributed by atoms with Crippen molar-refractivity contribution in [2.24, 2.45) is 73.8 Å². The third-order valence-corrected chi connectivity index (χ3v) is 18.6. The highest BCUT2D eigenvalue weighted by atomic mass is 16.4. The molecule has 11 atom stereocenters. The van der Waals surface area contributed by atoms with E-state index in [4.69, 9.17) is 17.2 Å². The van der Waals surface area contributed by atoms with Gasteiger partial charge in [-0.3, -0.25) is 76.9 Å². The number of carbonyl (C=O) groups excluding carboxylic acids is 14. The fourth-order valence-electron chi connectivity index (χ4n) is 12.6. The molecule has 646 valence electrons. The molecule has 0 aromatic heterocycles. The number of guanidine groups is 1. The summed E-state index contributed by atoms with van der Waals surface area (Å²) in [7, 11) is 0.